The molecule has 0 unspecified atom stereocenters. The molecular formula is C36H48FN7O4. The lowest BCUT2D eigenvalue weighted by Gasteiger charge is -2.36. The van der Waals surface area contributed by atoms with Gasteiger partial charge in [-0.1, -0.05) is 31.4 Å². The number of hydroxylamine groups is 1. The molecule has 3 N–H and O–H groups in total. The van der Waals surface area contributed by atoms with Gasteiger partial charge in [-0.05, 0) is 94.3 Å². The molecule has 0 spiro atoms. The highest BCUT2D eigenvalue weighted by Gasteiger charge is 2.24. The Morgan fingerprint density at radius 2 is 1.71 bits per heavy atom. The third kappa shape index (κ3) is 9.06. The zero-order valence-electron chi connectivity index (χ0n) is 28.1. The van der Waals surface area contributed by atoms with Crippen LogP contribution >= 0.6 is 0 Å². The van der Waals surface area contributed by atoms with Crippen molar-refractivity contribution in [1.29, 1.82) is 0 Å². The maximum atomic E-state index is 15.4. The molecule has 48 heavy (non-hydrogen) atoms. The number of nitrogens with one attached hydrogen (secondary N) is 2. The number of piperazine rings is 1. The second-order valence-corrected chi connectivity index (χ2v) is 13.0. The summed E-state index contributed by atoms with van der Waals surface area (Å²) < 4.78 is 17.0. The van der Waals surface area contributed by atoms with Gasteiger partial charge in [0.2, 0.25) is 5.91 Å². The second-order valence-electron chi connectivity index (χ2n) is 13.0. The largest absolute Gasteiger partial charge is 0.367 e. The topological polar surface area (TPSA) is 123 Å². The Bertz CT molecular complexity index is 1660. The molecule has 3 aromatic rings. The van der Waals surface area contributed by atoms with E-state index in [2.05, 4.69) is 15.1 Å². The van der Waals surface area contributed by atoms with E-state index in [9.17, 15) is 14.4 Å². The first-order chi connectivity index (χ1) is 23.2. The summed E-state index contributed by atoms with van der Waals surface area (Å²) in [4.78, 5) is 48.4. The normalized spacial score (nSPS) is 15.8. The summed E-state index contributed by atoms with van der Waals surface area (Å²) >= 11 is 0. The third-order valence-corrected chi connectivity index (χ3v) is 9.21. The van der Waals surface area contributed by atoms with Crippen molar-refractivity contribution >= 4 is 40.1 Å². The number of benzene rings is 2. The summed E-state index contributed by atoms with van der Waals surface area (Å²) in [7, 11) is 4.02. The van der Waals surface area contributed by atoms with Crippen molar-refractivity contribution in [3.05, 3.63) is 69.5 Å². The van der Waals surface area contributed by atoms with E-state index in [0.717, 1.165) is 75.8 Å². The van der Waals surface area contributed by atoms with Crippen LogP contribution in [0.2, 0.25) is 0 Å². The minimum absolute atomic E-state index is 0.0980. The van der Waals surface area contributed by atoms with Crippen molar-refractivity contribution in [3.8, 4) is 0 Å². The van der Waals surface area contributed by atoms with E-state index in [0.29, 0.717) is 61.6 Å². The number of halogens is 1. The molecule has 2 aromatic carbocycles. The summed E-state index contributed by atoms with van der Waals surface area (Å²) in [5, 5.41) is 11.8. The molecular weight excluding hydrogens is 613 g/mol. The number of carbonyl (C=O) groups is 2. The number of carbonyl (C=O) groups excluding carboxylic acids is 2. The summed E-state index contributed by atoms with van der Waals surface area (Å²) in [5.74, 6) is -0.230. The number of nitrogens with zero attached hydrogens (tertiary/aromatic N) is 5. The van der Waals surface area contributed by atoms with Crippen LogP contribution in [-0.4, -0.2) is 96.3 Å². The highest BCUT2D eigenvalue weighted by molar-refractivity contribution is 5.94. The van der Waals surface area contributed by atoms with Gasteiger partial charge in [0.1, 0.15) is 11.6 Å². The van der Waals surface area contributed by atoms with Crippen LogP contribution < -0.4 is 21.3 Å². The molecule has 2 amide bonds. The van der Waals surface area contributed by atoms with E-state index in [1.54, 1.807) is 16.1 Å². The number of fused-ring (bicyclic) bond motifs is 2. The van der Waals surface area contributed by atoms with Crippen LogP contribution in [0.3, 0.4) is 0 Å². The van der Waals surface area contributed by atoms with Gasteiger partial charge in [0.15, 0.2) is 0 Å². The van der Waals surface area contributed by atoms with Gasteiger partial charge >= 0.3 is 0 Å². The third-order valence-electron chi connectivity index (χ3n) is 9.21. The molecule has 12 heteroatoms. The van der Waals surface area contributed by atoms with Gasteiger partial charge in [-0.3, -0.25) is 29.1 Å². The van der Waals surface area contributed by atoms with Crippen LogP contribution in [0.15, 0.2) is 41.2 Å². The Balaban J connectivity index is 1.19. The van der Waals surface area contributed by atoms with Crippen LogP contribution in [0.4, 0.5) is 10.1 Å². The monoisotopic (exact) mass is 661 g/mol. The van der Waals surface area contributed by atoms with E-state index in [-0.39, 0.29) is 22.8 Å². The Kier molecular flexibility index (Phi) is 12.3. The van der Waals surface area contributed by atoms with Gasteiger partial charge < -0.3 is 15.1 Å². The van der Waals surface area contributed by atoms with Crippen molar-refractivity contribution in [2.45, 2.75) is 57.9 Å². The lowest BCUT2D eigenvalue weighted by atomic mass is 10.1. The molecule has 1 fully saturated rings. The van der Waals surface area contributed by atoms with E-state index >= 15 is 4.39 Å². The number of amides is 2. The van der Waals surface area contributed by atoms with Gasteiger partial charge in [0.05, 0.1) is 16.6 Å². The first kappa shape index (κ1) is 35.2. The Morgan fingerprint density at radius 1 is 0.979 bits per heavy atom. The maximum Gasteiger partial charge on any atom is 0.261 e. The van der Waals surface area contributed by atoms with Crippen molar-refractivity contribution in [1.82, 2.24) is 30.1 Å². The fourth-order valence-electron chi connectivity index (χ4n) is 6.46. The summed E-state index contributed by atoms with van der Waals surface area (Å²) in [6.07, 6.45) is 8.84. The molecule has 0 saturated carbocycles. The van der Waals surface area contributed by atoms with E-state index in [1.807, 2.05) is 49.3 Å². The van der Waals surface area contributed by atoms with Crippen molar-refractivity contribution in [2.75, 3.05) is 64.8 Å². The van der Waals surface area contributed by atoms with E-state index < -0.39 is 5.82 Å². The molecule has 258 valence electrons. The van der Waals surface area contributed by atoms with Gasteiger partial charge in [-0.2, -0.15) is 0 Å². The maximum absolute atomic E-state index is 15.4. The minimum Gasteiger partial charge on any atom is -0.367 e. The lowest BCUT2D eigenvalue weighted by molar-refractivity contribution is -0.129. The predicted molar refractivity (Wildman–Crippen MR) is 187 cm³/mol. The molecule has 0 aliphatic carbocycles. The molecule has 0 radical (unpaired) electrons. The lowest BCUT2D eigenvalue weighted by Crippen LogP contribution is -2.47. The zero-order valence-corrected chi connectivity index (χ0v) is 28.1. The average molecular weight is 662 g/mol. The van der Waals surface area contributed by atoms with Gasteiger partial charge in [0, 0.05) is 51.3 Å². The van der Waals surface area contributed by atoms with E-state index in [1.165, 1.54) is 6.07 Å². The Hall–Kier alpha value is -4.13. The molecule has 1 aromatic heterocycles. The Labute approximate surface area is 281 Å². The predicted octanol–water partition coefficient (Wildman–Crippen LogP) is 4.13. The SMILES string of the molecule is CN(C)CCCNC(=O)c1ccc(C=C2CCn3c2nc2cc(N4CCN(CCCCCCCC(=O)NO)CC4)c(F)cc2c3=O)cc1. The summed E-state index contributed by atoms with van der Waals surface area (Å²) in [6.45, 7) is 6.05. The second kappa shape index (κ2) is 16.8. The molecule has 3 heterocycles. The number of hydrogen-bond acceptors (Lipinski definition) is 8. The van der Waals surface area contributed by atoms with Crippen LogP contribution in [0.5, 0.6) is 0 Å². The number of aromatic nitrogens is 2. The fourth-order valence-corrected chi connectivity index (χ4v) is 6.46. The van der Waals surface area contributed by atoms with Gasteiger partial charge in [-0.25, -0.2) is 14.9 Å². The van der Waals surface area contributed by atoms with Crippen molar-refractivity contribution in [2.24, 2.45) is 0 Å². The summed E-state index contributed by atoms with van der Waals surface area (Å²) in [5.41, 5.74) is 4.86. The standard InChI is InChI=1S/C36H48FN7O4/c1-41(2)16-8-15-38-35(46)27-12-10-26(11-13-27)23-28-14-18-44-34(28)39-31-25-32(30(37)24-29(31)36(44)47)43-21-19-42(20-22-43)17-7-5-3-4-6-9-33(45)40-48/h10-13,23-25,48H,3-9,14-22H2,1-2H3,(H,38,46)(H,40,45). The quantitative estimate of drug-likeness (QED) is 0.126. The molecule has 2 aliphatic heterocycles. The first-order valence-corrected chi connectivity index (χ1v) is 17.1. The number of allylic oxidation sites excluding steroid dienone is 1. The number of hydrogen-bond donors (Lipinski definition) is 3. The van der Waals surface area contributed by atoms with Gasteiger partial charge in [-0.15, -0.1) is 0 Å². The number of anilines is 1. The highest BCUT2D eigenvalue weighted by atomic mass is 19.1. The fraction of sp³-hybridized carbons (Fsp3) is 0.500. The number of unbranched alkanes of at least 4 members (excludes halogenated alkanes) is 4. The molecule has 11 nitrogen and oxygen atoms in total. The van der Waals surface area contributed by atoms with E-state index in [4.69, 9.17) is 10.2 Å². The molecule has 2 aliphatic rings. The summed E-state index contributed by atoms with van der Waals surface area (Å²) in [6, 6.07) is 10.5. The highest BCUT2D eigenvalue weighted by Crippen LogP contribution is 2.30. The van der Waals surface area contributed by atoms with Gasteiger partial charge in [0.25, 0.3) is 11.5 Å². The molecule has 5 rings (SSSR count). The molecule has 0 bridgehead atoms. The molecule has 1 saturated heterocycles. The average Bonchev–Trinajstić information content (AvgIpc) is 3.49. The van der Waals surface area contributed by atoms with Crippen LogP contribution in [-0.2, 0) is 11.3 Å². The van der Waals surface area contributed by atoms with Crippen molar-refractivity contribution in [3.63, 3.8) is 0 Å². The van der Waals surface area contributed by atoms with Crippen molar-refractivity contribution < 1.29 is 19.2 Å². The smallest absolute Gasteiger partial charge is 0.261 e. The first-order valence-electron chi connectivity index (χ1n) is 17.1. The van der Waals surface area contributed by atoms with Crippen LogP contribution in [0.1, 0.15) is 73.1 Å². The minimum atomic E-state index is -0.402. The molecule has 0 atom stereocenters. The zero-order chi connectivity index (χ0) is 34.0. The van der Waals surface area contributed by atoms with Crippen LogP contribution in [0.25, 0.3) is 22.6 Å². The number of rotatable bonds is 15. The van der Waals surface area contributed by atoms with Crippen LogP contribution in [0, 0.1) is 5.82 Å². The Morgan fingerprint density at radius 3 is 2.44 bits per heavy atom.